The summed E-state index contributed by atoms with van der Waals surface area (Å²) in [6.45, 7) is 0. The van der Waals surface area contributed by atoms with Crippen molar-refractivity contribution in [3.63, 3.8) is 0 Å². The van der Waals surface area contributed by atoms with E-state index >= 15 is 0 Å². The zero-order valence-corrected chi connectivity index (χ0v) is 9.56. The van der Waals surface area contributed by atoms with Crippen LogP contribution in [0.25, 0.3) is 0 Å². The smallest absolute Gasteiger partial charge is 0.156 e. The Morgan fingerprint density at radius 3 is 2.32 bits per heavy atom. The van der Waals surface area contributed by atoms with Crippen LogP contribution in [0.4, 0.5) is 8.78 Å². The lowest BCUT2D eigenvalue weighted by Crippen LogP contribution is -1.96. The maximum Gasteiger partial charge on any atom is 0.156 e. The summed E-state index contributed by atoms with van der Waals surface area (Å²) in [5, 5.41) is 8.84. The van der Waals surface area contributed by atoms with Gasteiger partial charge in [-0.05, 0) is 24.3 Å². The Morgan fingerprint density at radius 1 is 1.05 bits per heavy atom. The van der Waals surface area contributed by atoms with Gasteiger partial charge in [0, 0.05) is 0 Å². The Morgan fingerprint density at radius 2 is 1.68 bits per heavy atom. The summed E-state index contributed by atoms with van der Waals surface area (Å²) >= 11 is 0. The van der Waals surface area contributed by atoms with E-state index in [1.54, 1.807) is 6.07 Å². The Kier molecular flexibility index (Phi) is 3.53. The molecule has 0 fully saturated rings. The molecular weight excluding hydrogens is 252 g/mol. The number of nitrogens with zero attached hydrogens (tertiary/aromatic N) is 1. The predicted octanol–water partition coefficient (Wildman–Crippen LogP) is 3.44. The van der Waals surface area contributed by atoms with Gasteiger partial charge in [-0.3, -0.25) is 4.79 Å². The molecule has 2 aromatic carbocycles. The monoisotopic (exact) mass is 259 g/mol. The van der Waals surface area contributed by atoms with Gasteiger partial charge in [0.2, 0.25) is 0 Å². The minimum Gasteiger partial charge on any atom is -0.455 e. The van der Waals surface area contributed by atoms with Gasteiger partial charge in [0.25, 0.3) is 0 Å². The first-order valence-corrected chi connectivity index (χ1v) is 5.27. The molecule has 0 saturated heterocycles. The molecule has 0 unspecified atom stereocenters. The maximum absolute atomic E-state index is 13.4. The van der Waals surface area contributed by atoms with E-state index in [0.717, 1.165) is 12.1 Å². The Balaban J connectivity index is 2.49. The van der Waals surface area contributed by atoms with Gasteiger partial charge in [0.1, 0.15) is 34.8 Å². The largest absolute Gasteiger partial charge is 0.455 e. The summed E-state index contributed by atoms with van der Waals surface area (Å²) < 4.78 is 32.0. The van der Waals surface area contributed by atoms with Crippen LogP contribution < -0.4 is 4.74 Å². The van der Waals surface area contributed by atoms with Crippen LogP contribution in [0.5, 0.6) is 11.5 Å². The summed E-state index contributed by atoms with van der Waals surface area (Å²) in [5.41, 5.74) is -0.584. The number of carbonyl (C=O) groups is 1. The Bertz CT molecular complexity index is 678. The van der Waals surface area contributed by atoms with Crippen LogP contribution in [-0.2, 0) is 0 Å². The number of hydrogen-bond donors (Lipinski definition) is 0. The van der Waals surface area contributed by atoms with Crippen molar-refractivity contribution in [3.05, 3.63) is 59.2 Å². The molecule has 2 aromatic rings. The number of benzene rings is 2. The van der Waals surface area contributed by atoms with Crippen LogP contribution in [0.1, 0.15) is 15.9 Å². The van der Waals surface area contributed by atoms with Crippen molar-refractivity contribution in [2.75, 3.05) is 0 Å². The van der Waals surface area contributed by atoms with Crippen LogP contribution in [0, 0.1) is 23.0 Å². The average Bonchev–Trinajstić information content (AvgIpc) is 2.39. The van der Waals surface area contributed by atoms with Gasteiger partial charge in [-0.2, -0.15) is 5.26 Å². The highest BCUT2D eigenvalue weighted by molar-refractivity contribution is 5.80. The van der Waals surface area contributed by atoms with Gasteiger partial charge in [0.15, 0.2) is 6.29 Å². The zero-order valence-electron chi connectivity index (χ0n) is 9.56. The van der Waals surface area contributed by atoms with Crippen molar-refractivity contribution in [2.45, 2.75) is 0 Å². The molecule has 0 N–H and O–H groups in total. The molecule has 19 heavy (non-hydrogen) atoms. The van der Waals surface area contributed by atoms with Crippen LogP contribution in [-0.4, -0.2) is 6.29 Å². The van der Waals surface area contributed by atoms with Gasteiger partial charge < -0.3 is 4.74 Å². The topological polar surface area (TPSA) is 50.1 Å². The fraction of sp³-hybridized carbons (Fsp3) is 0. The van der Waals surface area contributed by atoms with Gasteiger partial charge in [-0.15, -0.1) is 0 Å². The molecule has 0 heterocycles. The van der Waals surface area contributed by atoms with Crippen LogP contribution in [0.15, 0.2) is 36.4 Å². The normalized spacial score (nSPS) is 9.74. The zero-order chi connectivity index (χ0) is 13.8. The minimum atomic E-state index is -0.748. The first-order valence-electron chi connectivity index (χ1n) is 5.27. The van der Waals surface area contributed by atoms with Crippen molar-refractivity contribution >= 4 is 6.29 Å². The lowest BCUT2D eigenvalue weighted by atomic mass is 10.2. The SMILES string of the molecule is N#Cc1c(F)cccc1Oc1cccc(F)c1C=O. The fourth-order valence-electron chi connectivity index (χ4n) is 1.54. The standard InChI is InChI=1S/C14H7F2NO2/c15-11-3-1-5-13(9(11)7-17)19-14-6-2-4-12(16)10(14)8-18/h1-6,8H. The lowest BCUT2D eigenvalue weighted by Gasteiger charge is -2.09. The fourth-order valence-corrected chi connectivity index (χ4v) is 1.54. The number of nitriles is 1. The molecule has 0 aromatic heterocycles. The lowest BCUT2D eigenvalue weighted by molar-refractivity contribution is 0.111. The first-order chi connectivity index (χ1) is 9.17. The molecule has 0 spiro atoms. The van der Waals surface area contributed by atoms with E-state index in [-0.39, 0.29) is 22.6 Å². The third-order valence-electron chi connectivity index (χ3n) is 2.44. The van der Waals surface area contributed by atoms with Crippen LogP contribution in [0.2, 0.25) is 0 Å². The van der Waals surface area contributed by atoms with Gasteiger partial charge in [-0.25, -0.2) is 8.78 Å². The molecule has 3 nitrogen and oxygen atoms in total. The predicted molar refractivity (Wildman–Crippen MR) is 63.0 cm³/mol. The molecular formula is C14H7F2NO2. The molecule has 0 aliphatic heterocycles. The number of aldehydes is 1. The van der Waals surface area contributed by atoms with Crippen LogP contribution >= 0.6 is 0 Å². The van der Waals surface area contributed by atoms with Gasteiger partial charge >= 0.3 is 0 Å². The second kappa shape index (κ2) is 5.27. The molecule has 0 aliphatic rings. The molecule has 5 heteroatoms. The van der Waals surface area contributed by atoms with E-state index in [1.165, 1.54) is 24.3 Å². The third kappa shape index (κ3) is 2.43. The maximum atomic E-state index is 13.4. The number of halogens is 2. The Labute approximate surface area is 107 Å². The summed E-state index contributed by atoms with van der Waals surface area (Å²) in [6, 6.07) is 9.29. The van der Waals surface area contributed by atoms with Crippen molar-refractivity contribution in [1.29, 1.82) is 5.26 Å². The molecule has 0 amide bonds. The molecule has 94 valence electrons. The number of carbonyl (C=O) groups excluding carboxylic acids is 1. The summed E-state index contributed by atoms with van der Waals surface area (Å²) in [5.74, 6) is -1.64. The van der Waals surface area contributed by atoms with Gasteiger partial charge in [0.05, 0.1) is 5.56 Å². The van der Waals surface area contributed by atoms with Crippen molar-refractivity contribution in [3.8, 4) is 17.6 Å². The van der Waals surface area contributed by atoms with Crippen LogP contribution in [0.3, 0.4) is 0 Å². The molecule has 0 bridgehead atoms. The van der Waals surface area contributed by atoms with E-state index in [4.69, 9.17) is 10.00 Å². The van der Waals surface area contributed by atoms with E-state index in [1.807, 2.05) is 0 Å². The third-order valence-corrected chi connectivity index (χ3v) is 2.44. The number of hydrogen-bond acceptors (Lipinski definition) is 3. The second-order valence-corrected chi connectivity index (χ2v) is 3.60. The number of ether oxygens (including phenoxy) is 1. The summed E-state index contributed by atoms with van der Waals surface area (Å²) in [6.07, 6.45) is 0.302. The molecule has 0 aliphatic carbocycles. The van der Waals surface area contributed by atoms with E-state index in [2.05, 4.69) is 0 Å². The highest BCUT2D eigenvalue weighted by Crippen LogP contribution is 2.29. The van der Waals surface area contributed by atoms with E-state index in [0.29, 0.717) is 6.29 Å². The minimum absolute atomic E-state index is 0.0721. The highest BCUT2D eigenvalue weighted by atomic mass is 19.1. The van der Waals surface area contributed by atoms with Crippen molar-refractivity contribution in [1.82, 2.24) is 0 Å². The number of rotatable bonds is 3. The van der Waals surface area contributed by atoms with Crippen molar-refractivity contribution < 1.29 is 18.3 Å². The van der Waals surface area contributed by atoms with E-state index in [9.17, 15) is 13.6 Å². The first kappa shape index (κ1) is 12.7. The summed E-state index contributed by atoms with van der Waals surface area (Å²) in [7, 11) is 0. The molecule has 0 atom stereocenters. The quantitative estimate of drug-likeness (QED) is 0.793. The Hall–Kier alpha value is -2.74. The molecule has 2 rings (SSSR count). The van der Waals surface area contributed by atoms with E-state index < -0.39 is 11.6 Å². The molecule has 0 radical (unpaired) electrons. The second-order valence-electron chi connectivity index (χ2n) is 3.60. The average molecular weight is 259 g/mol. The van der Waals surface area contributed by atoms with Crippen molar-refractivity contribution in [2.24, 2.45) is 0 Å². The molecule has 0 saturated carbocycles. The summed E-state index contributed by atoms with van der Waals surface area (Å²) in [4.78, 5) is 10.8. The van der Waals surface area contributed by atoms with Gasteiger partial charge in [-0.1, -0.05) is 12.1 Å². The highest BCUT2D eigenvalue weighted by Gasteiger charge is 2.13.